The molecule has 0 saturated heterocycles. The van der Waals surface area contributed by atoms with Crippen molar-refractivity contribution >= 4 is 11.9 Å². The lowest BCUT2D eigenvalue weighted by atomic mass is 10.1. The van der Waals surface area contributed by atoms with Crippen LogP contribution < -0.4 is 0 Å². The molecule has 0 N–H and O–H groups in total. The molecule has 0 unspecified atom stereocenters. The number of rotatable bonds is 7. The molecule has 5 nitrogen and oxygen atoms in total. The average Bonchev–Trinajstić information content (AvgIpc) is 2.72. The molecule has 0 bridgehead atoms. The fourth-order valence-electron chi connectivity index (χ4n) is 2.70. The van der Waals surface area contributed by atoms with Gasteiger partial charge in [0.1, 0.15) is 5.69 Å². The van der Waals surface area contributed by atoms with E-state index < -0.39 is 5.97 Å². The fourth-order valence-corrected chi connectivity index (χ4v) is 2.70. The summed E-state index contributed by atoms with van der Waals surface area (Å²) < 4.78 is 6.94. The molecule has 0 aliphatic heterocycles. The van der Waals surface area contributed by atoms with Crippen molar-refractivity contribution in [2.75, 3.05) is 19.7 Å². The van der Waals surface area contributed by atoms with Crippen LogP contribution in [0.2, 0.25) is 0 Å². The Labute approximate surface area is 132 Å². The van der Waals surface area contributed by atoms with E-state index in [9.17, 15) is 9.59 Å². The molecule has 0 saturated carbocycles. The highest BCUT2D eigenvalue weighted by Gasteiger charge is 2.28. The Hall–Kier alpha value is -2.04. The second-order valence-electron chi connectivity index (χ2n) is 5.03. The highest BCUT2D eigenvalue weighted by atomic mass is 16.5. The largest absolute Gasteiger partial charge is 0.461 e. The zero-order valence-electron chi connectivity index (χ0n) is 14.2. The zero-order chi connectivity index (χ0) is 16.9. The van der Waals surface area contributed by atoms with Gasteiger partial charge in [0.2, 0.25) is 0 Å². The number of amides is 1. The number of carbonyl (C=O) groups is 2. The summed E-state index contributed by atoms with van der Waals surface area (Å²) in [5.74, 6) is -0.447. The maximum atomic E-state index is 12.7. The minimum atomic E-state index is -0.399. The monoisotopic (exact) mass is 306 g/mol. The lowest BCUT2D eigenvalue weighted by molar-refractivity contribution is 0.0513. The van der Waals surface area contributed by atoms with E-state index in [0.717, 1.165) is 5.69 Å². The molecule has 1 heterocycles. The molecule has 0 aliphatic rings. The standard InChI is InChI=1S/C17H26N2O3/c1-7-11-19-13(6)14(16(20)18(8-2)9-3)12(5)15(19)17(21)22-10-4/h7H,1,8-11H2,2-6H3. The lowest BCUT2D eigenvalue weighted by Crippen LogP contribution is -2.31. The second kappa shape index (κ2) is 7.82. The molecule has 1 aromatic rings. The molecule has 0 radical (unpaired) electrons. The number of hydrogen-bond donors (Lipinski definition) is 0. The summed E-state index contributed by atoms with van der Waals surface area (Å²) in [6.07, 6.45) is 1.71. The number of allylic oxidation sites excluding steroid dienone is 1. The minimum absolute atomic E-state index is 0.0478. The van der Waals surface area contributed by atoms with Gasteiger partial charge in [-0.3, -0.25) is 4.79 Å². The van der Waals surface area contributed by atoms with Gasteiger partial charge in [0.25, 0.3) is 5.91 Å². The van der Waals surface area contributed by atoms with Crippen LogP contribution in [0.5, 0.6) is 0 Å². The Balaban J connectivity index is 3.47. The maximum Gasteiger partial charge on any atom is 0.355 e. The molecular weight excluding hydrogens is 280 g/mol. The van der Waals surface area contributed by atoms with Crippen molar-refractivity contribution in [3.63, 3.8) is 0 Å². The Morgan fingerprint density at radius 3 is 2.27 bits per heavy atom. The molecule has 122 valence electrons. The first-order valence-electron chi connectivity index (χ1n) is 7.71. The number of aromatic nitrogens is 1. The van der Waals surface area contributed by atoms with E-state index >= 15 is 0 Å². The number of ether oxygens (including phenoxy) is 1. The van der Waals surface area contributed by atoms with Gasteiger partial charge < -0.3 is 14.2 Å². The van der Waals surface area contributed by atoms with Crippen molar-refractivity contribution < 1.29 is 14.3 Å². The first-order valence-corrected chi connectivity index (χ1v) is 7.71. The summed E-state index contributed by atoms with van der Waals surface area (Å²) in [5.41, 5.74) is 2.48. The van der Waals surface area contributed by atoms with Crippen LogP contribution in [0.1, 0.15) is 52.9 Å². The van der Waals surface area contributed by atoms with E-state index in [-0.39, 0.29) is 5.91 Å². The third kappa shape index (κ3) is 3.24. The number of carbonyl (C=O) groups excluding carboxylic acids is 2. The highest BCUT2D eigenvalue weighted by Crippen LogP contribution is 2.25. The third-order valence-corrected chi connectivity index (χ3v) is 3.81. The van der Waals surface area contributed by atoms with Gasteiger partial charge in [0, 0.05) is 25.3 Å². The van der Waals surface area contributed by atoms with Gasteiger partial charge in [-0.1, -0.05) is 6.08 Å². The molecule has 0 aliphatic carbocycles. The molecule has 0 atom stereocenters. The second-order valence-corrected chi connectivity index (χ2v) is 5.03. The minimum Gasteiger partial charge on any atom is -0.461 e. The van der Waals surface area contributed by atoms with E-state index in [1.54, 1.807) is 29.4 Å². The first kappa shape index (κ1) is 18.0. The maximum absolute atomic E-state index is 12.7. The smallest absolute Gasteiger partial charge is 0.355 e. The molecular formula is C17H26N2O3. The number of hydrogen-bond acceptors (Lipinski definition) is 3. The third-order valence-electron chi connectivity index (χ3n) is 3.81. The molecule has 1 amide bonds. The predicted molar refractivity (Wildman–Crippen MR) is 87.3 cm³/mol. The predicted octanol–water partition coefficient (Wildman–Crippen LogP) is 2.95. The van der Waals surface area contributed by atoms with Crippen molar-refractivity contribution in [1.29, 1.82) is 0 Å². The lowest BCUT2D eigenvalue weighted by Gasteiger charge is -2.19. The summed E-state index contributed by atoms with van der Waals surface area (Å²) in [4.78, 5) is 26.7. The first-order chi connectivity index (χ1) is 10.4. The molecule has 0 spiro atoms. The van der Waals surface area contributed by atoms with Crippen LogP contribution in [0.3, 0.4) is 0 Å². The summed E-state index contributed by atoms with van der Waals surface area (Å²) in [7, 11) is 0. The Morgan fingerprint density at radius 2 is 1.82 bits per heavy atom. The van der Waals surface area contributed by atoms with Crippen molar-refractivity contribution in [2.24, 2.45) is 0 Å². The molecule has 22 heavy (non-hydrogen) atoms. The molecule has 5 heteroatoms. The van der Waals surface area contributed by atoms with Gasteiger partial charge in [0.15, 0.2) is 0 Å². The van der Waals surface area contributed by atoms with Gasteiger partial charge in [0.05, 0.1) is 12.2 Å². The summed E-state index contributed by atoms with van der Waals surface area (Å²) in [6, 6.07) is 0. The molecule has 0 fully saturated rings. The van der Waals surface area contributed by atoms with Crippen molar-refractivity contribution in [3.05, 3.63) is 35.2 Å². The van der Waals surface area contributed by atoms with E-state index in [0.29, 0.717) is 43.1 Å². The van der Waals surface area contributed by atoms with Crippen LogP contribution in [0.4, 0.5) is 0 Å². The van der Waals surface area contributed by atoms with E-state index in [1.165, 1.54) is 0 Å². The van der Waals surface area contributed by atoms with Gasteiger partial charge in [-0.15, -0.1) is 6.58 Å². The van der Waals surface area contributed by atoms with Crippen molar-refractivity contribution in [3.8, 4) is 0 Å². The van der Waals surface area contributed by atoms with E-state index in [1.807, 2.05) is 20.8 Å². The van der Waals surface area contributed by atoms with Crippen LogP contribution in [-0.2, 0) is 11.3 Å². The Bertz CT molecular complexity index is 569. The van der Waals surface area contributed by atoms with Gasteiger partial charge >= 0.3 is 5.97 Å². The highest BCUT2D eigenvalue weighted by molar-refractivity contribution is 6.01. The van der Waals surface area contributed by atoms with Gasteiger partial charge in [-0.25, -0.2) is 4.79 Å². The van der Waals surface area contributed by atoms with Crippen molar-refractivity contribution in [1.82, 2.24) is 9.47 Å². The molecule has 1 aromatic heterocycles. The van der Waals surface area contributed by atoms with Crippen LogP contribution in [-0.4, -0.2) is 41.0 Å². The van der Waals surface area contributed by atoms with Crippen molar-refractivity contribution in [2.45, 2.75) is 41.2 Å². The quantitative estimate of drug-likeness (QED) is 0.575. The SMILES string of the molecule is C=CCn1c(C)c(C(=O)N(CC)CC)c(C)c1C(=O)OCC. The number of nitrogens with zero attached hydrogens (tertiary/aromatic N) is 2. The van der Waals surface area contributed by atoms with Crippen LogP contribution in [0, 0.1) is 13.8 Å². The van der Waals surface area contributed by atoms with E-state index in [2.05, 4.69) is 6.58 Å². The zero-order valence-corrected chi connectivity index (χ0v) is 14.2. The Kier molecular flexibility index (Phi) is 6.40. The van der Waals surface area contributed by atoms with Gasteiger partial charge in [-0.2, -0.15) is 0 Å². The van der Waals surface area contributed by atoms with Gasteiger partial charge in [-0.05, 0) is 40.2 Å². The van der Waals surface area contributed by atoms with Crippen LogP contribution >= 0.6 is 0 Å². The Morgan fingerprint density at radius 1 is 1.23 bits per heavy atom. The van der Waals surface area contributed by atoms with Crippen LogP contribution in [0.15, 0.2) is 12.7 Å². The van der Waals surface area contributed by atoms with Crippen LogP contribution in [0.25, 0.3) is 0 Å². The van der Waals surface area contributed by atoms with E-state index in [4.69, 9.17) is 4.74 Å². The topological polar surface area (TPSA) is 51.5 Å². The summed E-state index contributed by atoms with van der Waals surface area (Å²) >= 11 is 0. The average molecular weight is 306 g/mol. The normalized spacial score (nSPS) is 10.4. The molecule has 0 aromatic carbocycles. The summed E-state index contributed by atoms with van der Waals surface area (Å²) in [5, 5.41) is 0. The fraction of sp³-hybridized carbons (Fsp3) is 0.529. The molecule has 1 rings (SSSR count). The summed E-state index contributed by atoms with van der Waals surface area (Å²) in [6.45, 7) is 15.1. The number of esters is 1.